The summed E-state index contributed by atoms with van der Waals surface area (Å²) in [5, 5.41) is 17.9. The Labute approximate surface area is 131 Å². The van der Waals surface area contributed by atoms with Crippen LogP contribution in [0.5, 0.6) is 0 Å². The molecule has 0 aliphatic heterocycles. The van der Waals surface area contributed by atoms with Gasteiger partial charge in [0.05, 0.1) is 0 Å². The van der Waals surface area contributed by atoms with Crippen molar-refractivity contribution in [1.82, 2.24) is 0 Å². The average Bonchev–Trinajstić information content (AvgIpc) is 2.42. The molecule has 0 saturated heterocycles. The minimum atomic E-state index is -1.97. The van der Waals surface area contributed by atoms with Crippen LogP contribution in [0.1, 0.15) is 96.8 Å². The number of allylic oxidation sites excluding steroid dienone is 2. The van der Waals surface area contributed by atoms with Crippen molar-refractivity contribution < 1.29 is 10.2 Å². The van der Waals surface area contributed by atoms with Crippen LogP contribution < -0.4 is 5.73 Å². The third-order valence-electron chi connectivity index (χ3n) is 3.81. The molecule has 3 heteroatoms. The molecule has 0 heterocycles. The van der Waals surface area contributed by atoms with Crippen LogP contribution in [-0.4, -0.2) is 16.1 Å². The summed E-state index contributed by atoms with van der Waals surface area (Å²) >= 11 is 0. The molecule has 0 bridgehead atoms. The maximum atomic E-state index is 8.95. The quantitative estimate of drug-likeness (QED) is 0.235. The van der Waals surface area contributed by atoms with Gasteiger partial charge in [0.1, 0.15) is 0 Å². The fourth-order valence-corrected chi connectivity index (χ4v) is 2.46. The Bertz CT molecular complexity index is 234. The Hall–Kier alpha value is -0.380. The average molecular weight is 299 g/mol. The molecule has 0 amide bonds. The molecule has 4 N–H and O–H groups in total. The normalized spacial score (nSPS) is 12.4. The first-order chi connectivity index (χ1) is 10.1. The van der Waals surface area contributed by atoms with Crippen LogP contribution in [0.15, 0.2) is 12.2 Å². The second-order valence-corrected chi connectivity index (χ2v) is 6.21. The standard InChI is InChI=1S/C18H37NO2/c1-2-3-4-5-6-7-8-9-10-11-12-13-14-15-16-17-18(19,20)21/h9-10,20-21H,2-8,11-17,19H2,1H3/b10-9-. The first-order valence-corrected chi connectivity index (χ1v) is 8.95. The molecule has 126 valence electrons. The number of rotatable bonds is 15. The van der Waals surface area contributed by atoms with Gasteiger partial charge in [-0.3, -0.25) is 5.73 Å². The summed E-state index contributed by atoms with van der Waals surface area (Å²) in [6.45, 7) is 2.26. The molecule has 0 unspecified atom stereocenters. The zero-order valence-electron chi connectivity index (χ0n) is 14.0. The van der Waals surface area contributed by atoms with Crippen molar-refractivity contribution in [3.05, 3.63) is 12.2 Å². The van der Waals surface area contributed by atoms with E-state index >= 15 is 0 Å². The molecule has 0 fully saturated rings. The first kappa shape index (κ1) is 20.6. The summed E-state index contributed by atoms with van der Waals surface area (Å²) in [4.78, 5) is 0. The summed E-state index contributed by atoms with van der Waals surface area (Å²) in [7, 11) is 0. The second-order valence-electron chi connectivity index (χ2n) is 6.21. The zero-order valence-corrected chi connectivity index (χ0v) is 14.0. The molecule has 0 spiro atoms. The maximum absolute atomic E-state index is 8.95. The van der Waals surface area contributed by atoms with Crippen molar-refractivity contribution >= 4 is 0 Å². The highest BCUT2D eigenvalue weighted by molar-refractivity contribution is 4.81. The lowest BCUT2D eigenvalue weighted by molar-refractivity contribution is -0.160. The molecule has 0 aromatic rings. The number of nitrogens with two attached hydrogens (primary N) is 1. The topological polar surface area (TPSA) is 66.5 Å². The van der Waals surface area contributed by atoms with Gasteiger partial charge in [0.2, 0.25) is 5.91 Å². The summed E-state index contributed by atoms with van der Waals surface area (Å²) in [6.07, 6.45) is 21.0. The largest absolute Gasteiger partial charge is 0.354 e. The number of unbranched alkanes of at least 4 members (excludes halogenated alkanes) is 11. The second kappa shape index (κ2) is 14.6. The highest BCUT2D eigenvalue weighted by Gasteiger charge is 2.13. The summed E-state index contributed by atoms with van der Waals surface area (Å²) in [5.74, 6) is -1.97. The van der Waals surface area contributed by atoms with Crippen LogP contribution >= 0.6 is 0 Å². The third-order valence-corrected chi connectivity index (χ3v) is 3.81. The van der Waals surface area contributed by atoms with Gasteiger partial charge in [-0.05, 0) is 32.1 Å². The van der Waals surface area contributed by atoms with Crippen LogP contribution in [0.2, 0.25) is 0 Å². The van der Waals surface area contributed by atoms with Crippen LogP contribution in [0, 0.1) is 0 Å². The smallest absolute Gasteiger partial charge is 0.219 e. The van der Waals surface area contributed by atoms with E-state index in [0.717, 1.165) is 19.3 Å². The fourth-order valence-electron chi connectivity index (χ4n) is 2.46. The Morgan fingerprint density at radius 2 is 1.14 bits per heavy atom. The van der Waals surface area contributed by atoms with Crippen molar-refractivity contribution in [2.75, 3.05) is 0 Å². The van der Waals surface area contributed by atoms with Crippen LogP contribution in [0.4, 0.5) is 0 Å². The van der Waals surface area contributed by atoms with Gasteiger partial charge in [0, 0.05) is 6.42 Å². The Kier molecular flexibility index (Phi) is 14.3. The third kappa shape index (κ3) is 19.6. The van der Waals surface area contributed by atoms with E-state index < -0.39 is 5.91 Å². The lowest BCUT2D eigenvalue weighted by atomic mass is 10.1. The minimum Gasteiger partial charge on any atom is -0.354 e. The molecule has 0 rings (SSSR count). The van der Waals surface area contributed by atoms with Gasteiger partial charge in [-0.2, -0.15) is 0 Å². The van der Waals surface area contributed by atoms with Crippen LogP contribution in [0.3, 0.4) is 0 Å². The summed E-state index contributed by atoms with van der Waals surface area (Å²) in [6, 6.07) is 0. The van der Waals surface area contributed by atoms with Gasteiger partial charge in [-0.15, -0.1) is 0 Å². The minimum absolute atomic E-state index is 0.269. The van der Waals surface area contributed by atoms with Gasteiger partial charge in [-0.1, -0.05) is 70.4 Å². The van der Waals surface area contributed by atoms with E-state index in [1.165, 1.54) is 64.2 Å². The molecule has 0 aliphatic rings. The maximum Gasteiger partial charge on any atom is 0.219 e. The van der Waals surface area contributed by atoms with Gasteiger partial charge < -0.3 is 10.2 Å². The molecule has 0 aliphatic carbocycles. The van der Waals surface area contributed by atoms with Crippen molar-refractivity contribution in [1.29, 1.82) is 0 Å². The van der Waals surface area contributed by atoms with Crippen LogP contribution in [0.25, 0.3) is 0 Å². The number of aliphatic hydroxyl groups is 2. The molecule has 0 radical (unpaired) electrons. The summed E-state index contributed by atoms with van der Waals surface area (Å²) < 4.78 is 0. The Morgan fingerprint density at radius 1 is 0.714 bits per heavy atom. The SMILES string of the molecule is CCCCCCCC/C=C\CCCCCCCC(N)(O)O. The predicted octanol–water partition coefficient (Wildman–Crippen LogP) is 4.62. The molecule has 21 heavy (non-hydrogen) atoms. The van der Waals surface area contributed by atoms with E-state index in [1.54, 1.807) is 0 Å². The first-order valence-electron chi connectivity index (χ1n) is 8.95. The van der Waals surface area contributed by atoms with Crippen molar-refractivity contribution in [2.45, 2.75) is 103 Å². The fraction of sp³-hybridized carbons (Fsp3) is 0.889. The van der Waals surface area contributed by atoms with Crippen molar-refractivity contribution in [3.63, 3.8) is 0 Å². The molecular weight excluding hydrogens is 262 g/mol. The van der Waals surface area contributed by atoms with Crippen molar-refractivity contribution in [2.24, 2.45) is 5.73 Å². The molecule has 0 aromatic heterocycles. The Balaban J connectivity index is 3.12. The molecule has 0 atom stereocenters. The lowest BCUT2D eigenvalue weighted by Gasteiger charge is -2.14. The highest BCUT2D eigenvalue weighted by Crippen LogP contribution is 2.11. The van der Waals surface area contributed by atoms with Gasteiger partial charge in [0.15, 0.2) is 0 Å². The van der Waals surface area contributed by atoms with E-state index in [-0.39, 0.29) is 6.42 Å². The van der Waals surface area contributed by atoms with E-state index in [0.29, 0.717) is 0 Å². The van der Waals surface area contributed by atoms with E-state index in [2.05, 4.69) is 19.1 Å². The Morgan fingerprint density at radius 3 is 1.62 bits per heavy atom. The molecule has 0 saturated carbocycles. The van der Waals surface area contributed by atoms with E-state index in [1.807, 2.05) is 0 Å². The monoisotopic (exact) mass is 299 g/mol. The van der Waals surface area contributed by atoms with Gasteiger partial charge >= 0.3 is 0 Å². The molecule has 3 nitrogen and oxygen atoms in total. The predicted molar refractivity (Wildman–Crippen MR) is 90.8 cm³/mol. The zero-order chi connectivity index (χ0) is 15.8. The lowest BCUT2D eigenvalue weighted by Crippen LogP contribution is -2.38. The van der Waals surface area contributed by atoms with E-state index in [4.69, 9.17) is 15.9 Å². The number of hydrogen-bond acceptors (Lipinski definition) is 3. The van der Waals surface area contributed by atoms with Gasteiger partial charge in [0.25, 0.3) is 0 Å². The van der Waals surface area contributed by atoms with Crippen LogP contribution in [-0.2, 0) is 0 Å². The summed E-state index contributed by atoms with van der Waals surface area (Å²) in [5.41, 5.74) is 5.09. The highest BCUT2D eigenvalue weighted by atomic mass is 16.5. The molecule has 0 aromatic carbocycles. The van der Waals surface area contributed by atoms with Gasteiger partial charge in [-0.25, -0.2) is 0 Å². The van der Waals surface area contributed by atoms with Crippen molar-refractivity contribution in [3.8, 4) is 0 Å². The number of hydrogen-bond donors (Lipinski definition) is 3. The van der Waals surface area contributed by atoms with E-state index in [9.17, 15) is 0 Å². The molecular formula is C18H37NO2.